The summed E-state index contributed by atoms with van der Waals surface area (Å²) in [6.07, 6.45) is -24.8. The molecule has 0 atom stereocenters. The van der Waals surface area contributed by atoms with Gasteiger partial charge in [-0.15, -0.1) is 13.2 Å². The van der Waals surface area contributed by atoms with Crippen molar-refractivity contribution >= 4 is 22.8 Å². The Kier molecular flexibility index (Phi) is 6.67. The molecule has 184 valence electrons. The topological polar surface area (TPSA) is 50.7 Å². The summed E-state index contributed by atoms with van der Waals surface area (Å²) in [4.78, 5) is 11.2. The van der Waals surface area contributed by atoms with Gasteiger partial charge < -0.3 is 10.1 Å². The van der Waals surface area contributed by atoms with Crippen LogP contribution >= 0.6 is 11.8 Å². The first kappa shape index (κ1) is 26.6. The first-order valence-corrected chi connectivity index (χ1v) is 8.56. The average Bonchev–Trinajstić information content (AvgIpc) is 2.99. The molecule has 0 aromatic heterocycles. The second-order valence-electron chi connectivity index (χ2n) is 5.90. The lowest BCUT2D eigenvalue weighted by Crippen LogP contribution is -2.55. The van der Waals surface area contributed by atoms with Crippen molar-refractivity contribution in [3.05, 3.63) is 40.6 Å². The number of thioether (sulfide) groups is 1. The van der Waals surface area contributed by atoms with E-state index in [4.69, 9.17) is 0 Å². The second kappa shape index (κ2) is 8.28. The molecule has 2 rings (SSSR count). The van der Waals surface area contributed by atoms with Crippen LogP contribution < -0.4 is 10.1 Å². The van der Waals surface area contributed by atoms with Gasteiger partial charge in [-0.05, 0) is 18.2 Å². The van der Waals surface area contributed by atoms with E-state index >= 15 is 0 Å². The van der Waals surface area contributed by atoms with Crippen molar-refractivity contribution in [1.29, 1.82) is 0 Å². The number of aliphatic imine (C=N–C) groups is 1. The number of nitrogens with one attached hydrogen (secondary N) is 1. The first-order valence-electron chi connectivity index (χ1n) is 7.75. The fourth-order valence-electron chi connectivity index (χ4n) is 2.33. The van der Waals surface area contributed by atoms with Gasteiger partial charge in [0.15, 0.2) is 5.17 Å². The Hall–Kier alpha value is -2.66. The molecule has 0 unspecified atom stereocenters. The minimum Gasteiger partial charge on any atom is -0.406 e. The predicted octanol–water partition coefficient (Wildman–Crippen LogP) is 6.02. The van der Waals surface area contributed by atoms with Crippen LogP contribution in [0.3, 0.4) is 0 Å². The monoisotopic (exact) mass is 524 g/mol. The number of nitrogens with zero attached hydrogens (tertiary/aromatic N) is 1. The molecule has 33 heavy (non-hydrogen) atoms. The van der Waals surface area contributed by atoms with E-state index in [0.29, 0.717) is 12.1 Å². The maximum absolute atomic E-state index is 13.6. The van der Waals surface area contributed by atoms with Gasteiger partial charge in [0.2, 0.25) is 5.83 Å². The average molecular weight is 524 g/mol. The Morgan fingerprint density at radius 1 is 0.939 bits per heavy atom. The number of halogens is 13. The lowest BCUT2D eigenvalue weighted by atomic mass is 9.97. The van der Waals surface area contributed by atoms with Crippen molar-refractivity contribution in [3.8, 4) is 5.75 Å². The van der Waals surface area contributed by atoms with Crippen molar-refractivity contribution in [3.63, 3.8) is 0 Å². The molecule has 4 nitrogen and oxygen atoms in total. The second-order valence-corrected chi connectivity index (χ2v) is 6.89. The van der Waals surface area contributed by atoms with E-state index in [1.807, 2.05) is 0 Å². The van der Waals surface area contributed by atoms with E-state index in [0.717, 1.165) is 12.1 Å². The lowest BCUT2D eigenvalue weighted by Gasteiger charge is -2.31. The number of ether oxygens (including phenoxy) is 1. The number of alkyl halides is 12. The third-order valence-corrected chi connectivity index (χ3v) is 4.68. The van der Waals surface area contributed by atoms with E-state index in [2.05, 4.69) is 9.73 Å². The molecule has 1 aromatic rings. The minimum absolute atomic E-state index is 0.372. The summed E-state index contributed by atoms with van der Waals surface area (Å²) in [6.45, 7) is 0. The number of benzene rings is 1. The summed E-state index contributed by atoms with van der Waals surface area (Å²) in [7, 11) is 0. The van der Waals surface area contributed by atoms with Crippen molar-refractivity contribution < 1.29 is 66.6 Å². The molecule has 1 amide bonds. The molecule has 1 aromatic carbocycles. The standard InChI is InChI=1S/C15H5F13N2O2S/c16-7(12(17,18)19)8-11(13(20,21)22,14(23,24)25)30-10(33-8)29-9(31)5-2-1-3-6(4-5)32-15(26,27)28/h1-4H,(H,29,30,31)/b8-7+. The fraction of sp³-hybridized carbons (Fsp3) is 0.333. The smallest absolute Gasteiger partial charge is 0.406 e. The fourth-order valence-corrected chi connectivity index (χ4v) is 3.48. The molecule has 0 radical (unpaired) electrons. The van der Waals surface area contributed by atoms with Gasteiger partial charge in [-0.25, -0.2) is 9.38 Å². The van der Waals surface area contributed by atoms with E-state index < -0.39 is 75.3 Å². The Morgan fingerprint density at radius 2 is 1.48 bits per heavy atom. The summed E-state index contributed by atoms with van der Waals surface area (Å²) in [5.74, 6) is -6.45. The van der Waals surface area contributed by atoms with Crippen LogP contribution in [0.5, 0.6) is 5.75 Å². The van der Waals surface area contributed by atoms with Gasteiger partial charge in [0, 0.05) is 5.56 Å². The summed E-state index contributed by atoms with van der Waals surface area (Å²) in [5.41, 5.74) is -6.52. The van der Waals surface area contributed by atoms with Crippen LogP contribution in [-0.2, 0) is 0 Å². The number of rotatable bonds is 2. The van der Waals surface area contributed by atoms with Gasteiger partial charge in [0.25, 0.3) is 11.4 Å². The maximum atomic E-state index is 13.6. The summed E-state index contributed by atoms with van der Waals surface area (Å²) >= 11 is -1.11. The molecule has 1 N–H and O–H groups in total. The van der Waals surface area contributed by atoms with Crippen LogP contribution in [0.25, 0.3) is 0 Å². The van der Waals surface area contributed by atoms with E-state index in [9.17, 15) is 61.9 Å². The molecule has 1 aliphatic rings. The number of amidine groups is 1. The number of carbonyl (C=O) groups is 1. The van der Waals surface area contributed by atoms with Gasteiger partial charge in [-0.2, -0.15) is 39.5 Å². The van der Waals surface area contributed by atoms with Crippen LogP contribution in [0.2, 0.25) is 0 Å². The van der Waals surface area contributed by atoms with Crippen LogP contribution in [0.1, 0.15) is 10.4 Å². The molecule has 1 aliphatic heterocycles. The third-order valence-electron chi connectivity index (χ3n) is 3.62. The quantitative estimate of drug-likeness (QED) is 0.482. The lowest BCUT2D eigenvalue weighted by molar-refractivity contribution is -0.280. The largest absolute Gasteiger partial charge is 0.573 e. The maximum Gasteiger partial charge on any atom is 0.573 e. The summed E-state index contributed by atoms with van der Waals surface area (Å²) in [5, 5.41) is -0.455. The van der Waals surface area contributed by atoms with Crippen LogP contribution in [0.15, 0.2) is 40.0 Å². The highest BCUT2D eigenvalue weighted by atomic mass is 32.2. The zero-order chi connectivity index (χ0) is 25.6. The molecule has 0 saturated heterocycles. The molecular weight excluding hydrogens is 519 g/mol. The molecule has 0 saturated carbocycles. The first-order chi connectivity index (χ1) is 14.7. The van der Waals surface area contributed by atoms with Gasteiger partial charge in [-0.1, -0.05) is 17.8 Å². The van der Waals surface area contributed by atoms with Gasteiger partial charge in [0.1, 0.15) is 5.75 Å². The highest BCUT2D eigenvalue weighted by Gasteiger charge is 2.77. The number of hydrogen-bond acceptors (Lipinski definition) is 4. The van der Waals surface area contributed by atoms with E-state index in [1.165, 1.54) is 5.32 Å². The van der Waals surface area contributed by atoms with Crippen molar-refractivity contribution in [1.82, 2.24) is 5.32 Å². The molecule has 0 aliphatic carbocycles. The predicted molar refractivity (Wildman–Crippen MR) is 84.6 cm³/mol. The number of hydrogen-bond donors (Lipinski definition) is 1. The van der Waals surface area contributed by atoms with Crippen LogP contribution in [0.4, 0.5) is 57.1 Å². The van der Waals surface area contributed by atoms with E-state index in [1.54, 1.807) is 0 Å². The molecular formula is C15H5F13N2O2S. The van der Waals surface area contributed by atoms with Crippen molar-refractivity contribution in [2.45, 2.75) is 30.4 Å². The van der Waals surface area contributed by atoms with Crippen molar-refractivity contribution in [2.24, 2.45) is 4.99 Å². The van der Waals surface area contributed by atoms with Crippen molar-refractivity contribution in [2.75, 3.05) is 0 Å². The van der Waals surface area contributed by atoms with Crippen LogP contribution in [-0.4, -0.2) is 41.5 Å². The van der Waals surface area contributed by atoms with Gasteiger partial charge >= 0.3 is 24.9 Å². The summed E-state index contributed by atoms with van der Waals surface area (Å²) < 4.78 is 172. The zero-order valence-electron chi connectivity index (χ0n) is 14.9. The Bertz CT molecular complexity index is 975. The summed E-state index contributed by atoms with van der Waals surface area (Å²) in [6, 6.07) is 2.58. The molecule has 0 spiro atoms. The van der Waals surface area contributed by atoms with Gasteiger partial charge in [-0.3, -0.25) is 4.79 Å². The van der Waals surface area contributed by atoms with Crippen LogP contribution in [0, 0.1) is 0 Å². The Balaban J connectivity index is 2.52. The number of amides is 1. The highest BCUT2D eigenvalue weighted by Crippen LogP contribution is 2.59. The number of allylic oxidation sites excluding steroid dienone is 1. The molecule has 1 heterocycles. The SMILES string of the molecule is O=C(NC1=NC(C(F)(F)F)(C(F)(F)F)/C(=C(\F)C(F)(F)F)S1)c1cccc(OC(F)(F)F)c1. The Labute approximate surface area is 177 Å². The van der Waals surface area contributed by atoms with Gasteiger partial charge in [0.05, 0.1) is 4.91 Å². The Morgan fingerprint density at radius 3 is 1.94 bits per heavy atom. The minimum atomic E-state index is -6.64. The number of carbonyl (C=O) groups excluding carboxylic acids is 1. The molecule has 18 heteroatoms. The zero-order valence-corrected chi connectivity index (χ0v) is 15.7. The molecule has 0 fully saturated rings. The normalized spacial score (nSPS) is 18.6. The third kappa shape index (κ3) is 5.47. The molecule has 0 bridgehead atoms. The highest BCUT2D eigenvalue weighted by molar-refractivity contribution is 8.17. The van der Waals surface area contributed by atoms with E-state index in [-0.39, 0.29) is 0 Å².